The van der Waals surface area contributed by atoms with Crippen molar-refractivity contribution in [3.63, 3.8) is 0 Å². The first-order valence-corrected chi connectivity index (χ1v) is 6.28. The Kier molecular flexibility index (Phi) is 6.76. The van der Waals surface area contributed by atoms with Crippen molar-refractivity contribution in [2.75, 3.05) is 13.7 Å². The molecule has 90 valence electrons. The Hall–Kier alpha value is -0.420. The van der Waals surface area contributed by atoms with Crippen LogP contribution in [0.1, 0.15) is 26.2 Å². The summed E-state index contributed by atoms with van der Waals surface area (Å²) in [5.74, 6) is -2.08. The van der Waals surface area contributed by atoms with Gasteiger partial charge >= 0.3 is 13.6 Å². The Bertz CT molecular complexity index is 241. The lowest BCUT2D eigenvalue weighted by Gasteiger charge is -2.20. The van der Waals surface area contributed by atoms with Crippen molar-refractivity contribution in [3.05, 3.63) is 0 Å². The van der Waals surface area contributed by atoms with Crippen LogP contribution in [0.4, 0.5) is 0 Å². The molecule has 0 aliphatic rings. The van der Waals surface area contributed by atoms with E-state index in [0.29, 0.717) is 0 Å². The van der Waals surface area contributed by atoms with Gasteiger partial charge in [-0.15, -0.1) is 0 Å². The lowest BCUT2D eigenvalue weighted by atomic mass is 10.3. The fraction of sp³-hybridized carbons (Fsp3) is 0.875. The van der Waals surface area contributed by atoms with Crippen LogP contribution in [0.3, 0.4) is 0 Å². The minimum atomic E-state index is -3.80. The third kappa shape index (κ3) is 4.75. The quantitative estimate of drug-likeness (QED) is 0.641. The lowest BCUT2D eigenvalue weighted by molar-refractivity contribution is -0.135. The van der Waals surface area contributed by atoms with Gasteiger partial charge in [0.2, 0.25) is 0 Å². The van der Waals surface area contributed by atoms with E-state index >= 15 is 0 Å². The van der Waals surface area contributed by atoms with E-state index in [0.717, 1.165) is 7.11 Å². The number of aliphatic hydroxyl groups is 2. The first-order chi connectivity index (χ1) is 7.00. The zero-order valence-electron chi connectivity index (χ0n) is 8.88. The number of hydrogen-bond donors (Lipinski definition) is 2. The predicted molar refractivity (Wildman–Crippen MR) is 53.3 cm³/mol. The number of rotatable bonds is 7. The summed E-state index contributed by atoms with van der Waals surface area (Å²) in [5.41, 5.74) is 0. The van der Waals surface area contributed by atoms with Gasteiger partial charge in [0.25, 0.3) is 0 Å². The molecule has 0 fully saturated rings. The van der Waals surface area contributed by atoms with Crippen LogP contribution >= 0.6 is 7.60 Å². The van der Waals surface area contributed by atoms with E-state index < -0.39 is 19.4 Å². The van der Waals surface area contributed by atoms with Gasteiger partial charge in [-0.2, -0.15) is 0 Å². The van der Waals surface area contributed by atoms with E-state index in [9.17, 15) is 14.5 Å². The summed E-state index contributed by atoms with van der Waals surface area (Å²) in [7, 11) is -2.70. The van der Waals surface area contributed by atoms with Crippen LogP contribution < -0.4 is 0 Å². The number of carbonyl (C=O) groups excluding carboxylic acids is 1. The molecule has 0 aliphatic heterocycles. The van der Waals surface area contributed by atoms with Crippen molar-refractivity contribution in [1.82, 2.24) is 0 Å². The molecule has 2 N–H and O–H groups in total. The summed E-state index contributed by atoms with van der Waals surface area (Å²) in [6.45, 7) is 1.41. The van der Waals surface area contributed by atoms with Crippen molar-refractivity contribution >= 4 is 13.6 Å². The summed E-state index contributed by atoms with van der Waals surface area (Å²) in [6, 6.07) is 0. The molecular weight excluding hydrogens is 223 g/mol. The van der Waals surface area contributed by atoms with Crippen LogP contribution in [0.5, 0.6) is 0 Å². The highest BCUT2D eigenvalue weighted by Gasteiger charge is 2.35. The molecular formula is C8H17O6P. The topological polar surface area (TPSA) is 93.1 Å². The van der Waals surface area contributed by atoms with Gasteiger partial charge in [-0.25, -0.2) is 4.57 Å². The minimum Gasteiger partial charge on any atom is -0.396 e. The fourth-order valence-corrected chi connectivity index (χ4v) is 2.21. The normalized spacial score (nSPS) is 16.8. The molecule has 15 heavy (non-hydrogen) atoms. The predicted octanol–water partition coefficient (Wildman–Crippen LogP) is 0.870. The zero-order valence-corrected chi connectivity index (χ0v) is 9.77. The first-order valence-electron chi connectivity index (χ1n) is 4.67. The number of aliphatic hydroxyl groups excluding tert-OH is 2. The molecule has 0 aromatic heterocycles. The van der Waals surface area contributed by atoms with Gasteiger partial charge in [-0.05, 0) is 12.8 Å². The second-order valence-corrected chi connectivity index (χ2v) is 5.11. The average molecular weight is 240 g/mol. The molecule has 0 spiro atoms. The molecule has 7 heteroatoms. The molecule has 2 unspecified atom stereocenters. The number of carbonyl (C=O) groups is 1. The van der Waals surface area contributed by atoms with Crippen molar-refractivity contribution in [3.8, 4) is 0 Å². The van der Waals surface area contributed by atoms with E-state index in [4.69, 9.17) is 5.11 Å². The van der Waals surface area contributed by atoms with Crippen molar-refractivity contribution < 1.29 is 28.6 Å². The Morgan fingerprint density at radius 1 is 1.53 bits per heavy atom. The average Bonchev–Trinajstić information content (AvgIpc) is 2.25. The minimum absolute atomic E-state index is 0.0542. The Labute approximate surface area is 88.7 Å². The monoisotopic (exact) mass is 240 g/mol. The maximum absolute atomic E-state index is 11.8. The molecule has 6 nitrogen and oxygen atoms in total. The standard InChI is InChI=1S/C8H17O6P/c1-3-7(10)14-15(12,13-2)8(11)5-4-6-9/h8-9,11H,3-6H2,1-2H3. The SMILES string of the molecule is CCC(=O)OP(=O)(OC)C(O)CCCO. The molecule has 0 aromatic rings. The van der Waals surface area contributed by atoms with E-state index in [1.807, 2.05) is 0 Å². The fourth-order valence-electron chi connectivity index (χ4n) is 0.858. The van der Waals surface area contributed by atoms with Gasteiger partial charge in [0.15, 0.2) is 5.85 Å². The van der Waals surface area contributed by atoms with Gasteiger partial charge in [-0.1, -0.05) is 6.92 Å². The van der Waals surface area contributed by atoms with Crippen molar-refractivity contribution in [2.24, 2.45) is 0 Å². The molecule has 0 saturated carbocycles. The molecule has 0 amide bonds. The van der Waals surface area contributed by atoms with Gasteiger partial charge in [-0.3, -0.25) is 4.79 Å². The van der Waals surface area contributed by atoms with Crippen LogP contribution in [0.15, 0.2) is 0 Å². The number of hydrogen-bond acceptors (Lipinski definition) is 6. The largest absolute Gasteiger partial charge is 0.409 e. The van der Waals surface area contributed by atoms with E-state index in [1.165, 1.54) is 0 Å². The van der Waals surface area contributed by atoms with E-state index in [1.54, 1.807) is 6.92 Å². The highest BCUT2D eigenvalue weighted by Crippen LogP contribution is 2.52. The molecule has 0 aromatic carbocycles. The maximum atomic E-state index is 11.8. The Morgan fingerprint density at radius 3 is 2.53 bits per heavy atom. The van der Waals surface area contributed by atoms with Crippen LogP contribution in [-0.2, 0) is 18.4 Å². The summed E-state index contributed by atoms with van der Waals surface area (Å²) in [6.07, 6.45) is 0.372. The van der Waals surface area contributed by atoms with Gasteiger partial charge in [0.05, 0.1) is 0 Å². The molecule has 0 bridgehead atoms. The van der Waals surface area contributed by atoms with E-state index in [-0.39, 0.29) is 25.9 Å². The first kappa shape index (κ1) is 14.6. The smallest absolute Gasteiger partial charge is 0.396 e. The molecule has 0 heterocycles. The third-order valence-electron chi connectivity index (χ3n) is 1.76. The van der Waals surface area contributed by atoms with E-state index in [2.05, 4.69) is 9.05 Å². The van der Waals surface area contributed by atoms with Crippen LogP contribution in [0.25, 0.3) is 0 Å². The van der Waals surface area contributed by atoms with Gasteiger partial charge in [0, 0.05) is 20.1 Å². The van der Waals surface area contributed by atoms with Crippen LogP contribution in [0.2, 0.25) is 0 Å². The van der Waals surface area contributed by atoms with Crippen molar-refractivity contribution in [2.45, 2.75) is 32.0 Å². The summed E-state index contributed by atoms with van der Waals surface area (Å²) >= 11 is 0. The highest BCUT2D eigenvalue weighted by atomic mass is 31.2. The lowest BCUT2D eigenvalue weighted by Crippen LogP contribution is -2.14. The summed E-state index contributed by atoms with van der Waals surface area (Å²) < 4.78 is 20.9. The zero-order chi connectivity index (χ0) is 11.9. The second kappa shape index (κ2) is 6.95. The molecule has 0 rings (SSSR count). The molecule has 2 atom stereocenters. The van der Waals surface area contributed by atoms with Crippen LogP contribution in [-0.4, -0.2) is 35.7 Å². The van der Waals surface area contributed by atoms with Gasteiger partial charge in [0.1, 0.15) is 0 Å². The van der Waals surface area contributed by atoms with Crippen molar-refractivity contribution in [1.29, 1.82) is 0 Å². The highest BCUT2D eigenvalue weighted by molar-refractivity contribution is 7.54. The second-order valence-electron chi connectivity index (χ2n) is 2.89. The van der Waals surface area contributed by atoms with Gasteiger partial charge < -0.3 is 19.3 Å². The maximum Gasteiger partial charge on any atom is 0.409 e. The molecule has 0 saturated heterocycles. The Morgan fingerprint density at radius 2 is 2.13 bits per heavy atom. The Balaban J connectivity index is 4.40. The molecule has 0 aliphatic carbocycles. The third-order valence-corrected chi connectivity index (χ3v) is 3.71. The summed E-state index contributed by atoms with van der Waals surface area (Å²) in [5, 5.41) is 18.0. The summed E-state index contributed by atoms with van der Waals surface area (Å²) in [4.78, 5) is 10.9. The molecule has 0 radical (unpaired) electrons. The van der Waals surface area contributed by atoms with Crippen LogP contribution in [0, 0.1) is 0 Å².